The Morgan fingerprint density at radius 1 is 1.14 bits per heavy atom. The second-order valence-electron chi connectivity index (χ2n) is 6.87. The summed E-state index contributed by atoms with van der Waals surface area (Å²) >= 11 is 7.57. The van der Waals surface area contributed by atoms with Crippen LogP contribution in [-0.4, -0.2) is 29.5 Å². The fraction of sp³-hybridized carbons (Fsp3) is 0.824. The molecule has 2 heterocycles. The molecule has 21 heavy (non-hydrogen) atoms. The molecule has 1 saturated carbocycles. The molecule has 0 amide bonds. The highest BCUT2D eigenvalue weighted by atomic mass is 35.5. The normalized spacial score (nSPS) is 22.7. The number of rotatable bonds is 5. The van der Waals surface area contributed by atoms with Gasteiger partial charge in [0.1, 0.15) is 0 Å². The average Bonchev–Trinajstić information content (AvgIpc) is 2.98. The highest BCUT2D eigenvalue weighted by Gasteiger charge is 2.35. The fourth-order valence-corrected chi connectivity index (χ4v) is 5.10. The van der Waals surface area contributed by atoms with E-state index in [1.807, 2.05) is 0 Å². The van der Waals surface area contributed by atoms with Gasteiger partial charge in [-0.1, -0.05) is 19.3 Å². The maximum Gasteiger partial charge on any atom is 0.0929 e. The van der Waals surface area contributed by atoms with Gasteiger partial charge in [0.2, 0.25) is 0 Å². The number of piperidine rings is 1. The minimum atomic E-state index is 0.546. The van der Waals surface area contributed by atoms with Crippen molar-refractivity contribution < 1.29 is 0 Å². The van der Waals surface area contributed by atoms with Crippen LogP contribution in [0, 0.1) is 5.41 Å². The van der Waals surface area contributed by atoms with Gasteiger partial charge in [0, 0.05) is 11.8 Å². The number of nitrogens with zero attached hydrogens (tertiary/aromatic N) is 2. The number of halogens is 1. The van der Waals surface area contributed by atoms with Gasteiger partial charge in [0.25, 0.3) is 0 Å². The summed E-state index contributed by atoms with van der Waals surface area (Å²) in [7, 11) is 0. The van der Waals surface area contributed by atoms with Gasteiger partial charge in [0.05, 0.1) is 16.6 Å². The quantitative estimate of drug-likeness (QED) is 0.718. The Labute approximate surface area is 137 Å². The third-order valence-electron chi connectivity index (χ3n) is 5.43. The van der Waals surface area contributed by atoms with Crippen molar-refractivity contribution in [3.05, 3.63) is 16.1 Å². The van der Waals surface area contributed by atoms with Gasteiger partial charge in [-0.05, 0) is 57.2 Å². The molecule has 2 aliphatic rings. The smallest absolute Gasteiger partial charge is 0.0929 e. The monoisotopic (exact) mass is 326 g/mol. The van der Waals surface area contributed by atoms with Gasteiger partial charge >= 0.3 is 0 Å². The van der Waals surface area contributed by atoms with Crippen molar-refractivity contribution in [1.82, 2.24) is 9.88 Å². The SMILES string of the molecule is ClCc1csc(CCCN2CCC3(CCCCC3)CC2)n1. The summed E-state index contributed by atoms with van der Waals surface area (Å²) in [6.45, 7) is 3.89. The molecule has 1 aliphatic carbocycles. The molecule has 2 nitrogen and oxygen atoms in total. The lowest BCUT2D eigenvalue weighted by Gasteiger charge is -2.44. The van der Waals surface area contributed by atoms with E-state index in [1.54, 1.807) is 11.3 Å². The zero-order valence-corrected chi connectivity index (χ0v) is 14.5. The number of aromatic nitrogens is 1. The lowest BCUT2D eigenvalue weighted by atomic mass is 9.68. The summed E-state index contributed by atoms with van der Waals surface area (Å²) in [5.74, 6) is 0.546. The van der Waals surface area contributed by atoms with Crippen LogP contribution >= 0.6 is 22.9 Å². The molecule has 1 aliphatic heterocycles. The molecule has 1 saturated heterocycles. The van der Waals surface area contributed by atoms with Crippen molar-refractivity contribution >= 4 is 22.9 Å². The van der Waals surface area contributed by atoms with Gasteiger partial charge in [-0.2, -0.15) is 0 Å². The van der Waals surface area contributed by atoms with Crippen LogP contribution in [0.3, 0.4) is 0 Å². The molecule has 0 atom stereocenters. The molecule has 1 spiro atoms. The van der Waals surface area contributed by atoms with Crippen molar-refractivity contribution in [3.8, 4) is 0 Å². The van der Waals surface area contributed by atoms with Gasteiger partial charge < -0.3 is 4.90 Å². The third-order valence-corrected chi connectivity index (χ3v) is 6.66. The van der Waals surface area contributed by atoms with Gasteiger partial charge in [0.15, 0.2) is 0 Å². The first-order chi connectivity index (χ1) is 10.3. The van der Waals surface area contributed by atoms with E-state index < -0.39 is 0 Å². The predicted octanol–water partition coefficient (Wildman–Crippen LogP) is 4.86. The Hall–Kier alpha value is -0.120. The van der Waals surface area contributed by atoms with E-state index in [1.165, 1.54) is 76.0 Å². The van der Waals surface area contributed by atoms with Gasteiger partial charge in [-0.3, -0.25) is 0 Å². The molecular formula is C17H27ClN2S. The fourth-order valence-electron chi connectivity index (χ4n) is 4.03. The van der Waals surface area contributed by atoms with Gasteiger partial charge in [-0.15, -0.1) is 22.9 Å². The zero-order valence-electron chi connectivity index (χ0n) is 13.0. The Bertz CT molecular complexity index is 430. The Kier molecular flexibility index (Phi) is 5.58. The van der Waals surface area contributed by atoms with E-state index in [0.29, 0.717) is 5.88 Å². The number of alkyl halides is 1. The lowest BCUT2D eigenvalue weighted by Crippen LogP contribution is -2.41. The number of aryl methyl sites for hydroxylation is 1. The second kappa shape index (κ2) is 7.43. The largest absolute Gasteiger partial charge is 0.303 e. The van der Waals surface area contributed by atoms with Crippen LogP contribution in [-0.2, 0) is 12.3 Å². The van der Waals surface area contributed by atoms with E-state index in [4.69, 9.17) is 11.6 Å². The summed E-state index contributed by atoms with van der Waals surface area (Å²) < 4.78 is 0. The molecule has 0 bridgehead atoms. The molecular weight excluding hydrogens is 300 g/mol. The Morgan fingerprint density at radius 3 is 2.57 bits per heavy atom. The maximum absolute atomic E-state index is 5.80. The van der Waals surface area contributed by atoms with Crippen molar-refractivity contribution in [2.24, 2.45) is 5.41 Å². The molecule has 1 aromatic rings. The first-order valence-electron chi connectivity index (χ1n) is 8.51. The maximum atomic E-state index is 5.80. The Morgan fingerprint density at radius 2 is 1.90 bits per heavy atom. The van der Waals surface area contributed by atoms with E-state index in [-0.39, 0.29) is 0 Å². The molecule has 0 radical (unpaired) electrons. The van der Waals surface area contributed by atoms with E-state index in [9.17, 15) is 0 Å². The summed E-state index contributed by atoms with van der Waals surface area (Å²) in [4.78, 5) is 7.22. The summed E-state index contributed by atoms with van der Waals surface area (Å²) in [6, 6.07) is 0. The van der Waals surface area contributed by atoms with Crippen LogP contribution in [0.5, 0.6) is 0 Å². The third kappa shape index (κ3) is 4.20. The highest BCUT2D eigenvalue weighted by Crippen LogP contribution is 2.44. The molecule has 2 fully saturated rings. The van der Waals surface area contributed by atoms with Crippen LogP contribution in [0.1, 0.15) is 62.1 Å². The zero-order chi connectivity index (χ0) is 14.5. The van der Waals surface area contributed by atoms with Crippen molar-refractivity contribution in [2.45, 2.75) is 63.7 Å². The molecule has 0 aromatic carbocycles. The minimum Gasteiger partial charge on any atom is -0.303 e. The van der Waals surface area contributed by atoms with Crippen molar-refractivity contribution in [3.63, 3.8) is 0 Å². The van der Waals surface area contributed by atoms with E-state index in [0.717, 1.165) is 17.5 Å². The van der Waals surface area contributed by atoms with Crippen LogP contribution in [0.15, 0.2) is 5.38 Å². The standard InChI is InChI=1S/C17H27ClN2S/c18-13-15-14-21-16(19-15)5-4-10-20-11-8-17(9-12-20)6-2-1-3-7-17/h14H,1-13H2. The molecule has 3 rings (SSSR count). The molecule has 0 unspecified atom stereocenters. The number of thiazole rings is 1. The number of hydrogen-bond donors (Lipinski definition) is 0. The molecule has 118 valence electrons. The predicted molar refractivity (Wildman–Crippen MR) is 91.2 cm³/mol. The first-order valence-corrected chi connectivity index (χ1v) is 9.93. The highest BCUT2D eigenvalue weighted by molar-refractivity contribution is 7.09. The van der Waals surface area contributed by atoms with Crippen molar-refractivity contribution in [1.29, 1.82) is 0 Å². The van der Waals surface area contributed by atoms with E-state index >= 15 is 0 Å². The van der Waals surface area contributed by atoms with Gasteiger partial charge in [-0.25, -0.2) is 4.98 Å². The Balaban J connectivity index is 1.37. The minimum absolute atomic E-state index is 0.546. The number of hydrogen-bond acceptors (Lipinski definition) is 3. The van der Waals surface area contributed by atoms with Crippen LogP contribution in [0.4, 0.5) is 0 Å². The lowest BCUT2D eigenvalue weighted by molar-refractivity contribution is 0.0673. The summed E-state index contributed by atoms with van der Waals surface area (Å²) in [5.41, 5.74) is 1.77. The molecule has 0 N–H and O–H groups in total. The average molecular weight is 327 g/mol. The van der Waals surface area contributed by atoms with Crippen LogP contribution < -0.4 is 0 Å². The number of likely N-dealkylation sites (tertiary alicyclic amines) is 1. The topological polar surface area (TPSA) is 16.1 Å². The molecule has 1 aromatic heterocycles. The molecule has 4 heteroatoms. The summed E-state index contributed by atoms with van der Waals surface area (Å²) in [6.07, 6.45) is 12.7. The second-order valence-corrected chi connectivity index (χ2v) is 8.08. The van der Waals surface area contributed by atoms with Crippen molar-refractivity contribution in [2.75, 3.05) is 19.6 Å². The van der Waals surface area contributed by atoms with E-state index in [2.05, 4.69) is 15.3 Å². The first kappa shape index (κ1) is 15.8. The summed E-state index contributed by atoms with van der Waals surface area (Å²) in [5, 5.41) is 3.35. The van der Waals surface area contributed by atoms with Crippen LogP contribution in [0.25, 0.3) is 0 Å². The van der Waals surface area contributed by atoms with Crippen LogP contribution in [0.2, 0.25) is 0 Å².